The van der Waals surface area contributed by atoms with Crippen molar-refractivity contribution in [3.05, 3.63) is 62.1 Å². The van der Waals surface area contributed by atoms with Crippen LogP contribution < -0.4 is 9.47 Å². The Bertz CT molecular complexity index is 764. The molecule has 0 saturated heterocycles. The summed E-state index contributed by atoms with van der Waals surface area (Å²) >= 11 is 3.38. The van der Waals surface area contributed by atoms with Crippen molar-refractivity contribution in [1.29, 1.82) is 0 Å². The fourth-order valence-electron chi connectivity index (χ4n) is 2.02. The van der Waals surface area contributed by atoms with Gasteiger partial charge in [0.2, 0.25) is 0 Å². The molecule has 2 rings (SSSR count). The van der Waals surface area contributed by atoms with E-state index < -0.39 is 4.92 Å². The van der Waals surface area contributed by atoms with E-state index in [1.165, 1.54) is 25.5 Å². The van der Waals surface area contributed by atoms with Gasteiger partial charge in [0.05, 0.1) is 25.4 Å². The molecule has 0 saturated carbocycles. The Balaban J connectivity index is 2.08. The molecule has 2 aromatic carbocycles. The molecule has 0 unspecified atom stereocenters. The third kappa shape index (κ3) is 4.45. The number of nitro groups is 1. The molecule has 2 aromatic rings. The molecule has 0 heterocycles. The zero-order valence-corrected chi connectivity index (χ0v) is 14.6. The van der Waals surface area contributed by atoms with E-state index >= 15 is 0 Å². The number of nitro benzene ring substituents is 1. The van der Waals surface area contributed by atoms with Crippen LogP contribution in [0.4, 0.5) is 5.69 Å². The number of nitrogens with zero attached hydrogens (tertiary/aromatic N) is 2. The number of hydrogen-bond acceptors (Lipinski definition) is 6. The van der Waals surface area contributed by atoms with E-state index in [-0.39, 0.29) is 12.3 Å². The van der Waals surface area contributed by atoms with Crippen LogP contribution in [0.15, 0.2) is 46.0 Å². The fourth-order valence-corrected chi connectivity index (χ4v) is 2.47. The first kappa shape index (κ1) is 17.7. The highest BCUT2D eigenvalue weighted by Gasteiger charge is 2.10. The zero-order chi connectivity index (χ0) is 17.5. The minimum Gasteiger partial charge on any atom is -0.493 e. The first-order chi connectivity index (χ1) is 11.5. The SMILES string of the molecule is COc1cc(Br)cc(/C=N\OCc2cccc([N+](=O)[O-])c2)c1OC. The molecule has 0 aliphatic carbocycles. The van der Waals surface area contributed by atoms with Crippen molar-refractivity contribution in [3.8, 4) is 11.5 Å². The maximum Gasteiger partial charge on any atom is 0.269 e. The summed E-state index contributed by atoms with van der Waals surface area (Å²) in [6, 6.07) is 9.78. The largest absolute Gasteiger partial charge is 0.493 e. The van der Waals surface area contributed by atoms with Crippen molar-refractivity contribution in [2.24, 2.45) is 5.16 Å². The first-order valence-corrected chi connectivity index (χ1v) is 7.64. The molecular formula is C16H15BrN2O5. The number of ether oxygens (including phenoxy) is 2. The maximum atomic E-state index is 10.7. The Morgan fingerprint density at radius 2 is 2.04 bits per heavy atom. The van der Waals surface area contributed by atoms with E-state index in [2.05, 4.69) is 21.1 Å². The monoisotopic (exact) mass is 394 g/mol. The van der Waals surface area contributed by atoms with E-state index in [1.807, 2.05) is 6.07 Å². The molecular weight excluding hydrogens is 380 g/mol. The van der Waals surface area contributed by atoms with Gasteiger partial charge in [-0.15, -0.1) is 0 Å². The lowest BCUT2D eigenvalue weighted by molar-refractivity contribution is -0.384. The van der Waals surface area contributed by atoms with Crippen molar-refractivity contribution in [1.82, 2.24) is 0 Å². The van der Waals surface area contributed by atoms with Crippen molar-refractivity contribution < 1.29 is 19.2 Å². The van der Waals surface area contributed by atoms with E-state index in [0.717, 1.165) is 4.47 Å². The quantitative estimate of drug-likeness (QED) is 0.403. The van der Waals surface area contributed by atoms with Crippen molar-refractivity contribution in [2.75, 3.05) is 14.2 Å². The summed E-state index contributed by atoms with van der Waals surface area (Å²) < 4.78 is 11.4. The third-order valence-electron chi connectivity index (χ3n) is 3.09. The number of benzene rings is 2. The zero-order valence-electron chi connectivity index (χ0n) is 13.1. The van der Waals surface area contributed by atoms with Crippen LogP contribution in [0.25, 0.3) is 0 Å². The third-order valence-corrected chi connectivity index (χ3v) is 3.55. The molecule has 24 heavy (non-hydrogen) atoms. The number of oxime groups is 1. The molecule has 7 nitrogen and oxygen atoms in total. The molecule has 0 spiro atoms. The number of rotatable bonds is 7. The Hall–Kier alpha value is -2.61. The highest BCUT2D eigenvalue weighted by atomic mass is 79.9. The molecule has 0 radical (unpaired) electrons. The van der Waals surface area contributed by atoms with Gasteiger partial charge in [0.15, 0.2) is 11.5 Å². The fraction of sp³-hybridized carbons (Fsp3) is 0.188. The van der Waals surface area contributed by atoms with Crippen molar-refractivity contribution in [2.45, 2.75) is 6.61 Å². The van der Waals surface area contributed by atoms with Gasteiger partial charge in [-0.05, 0) is 17.7 Å². The summed E-state index contributed by atoms with van der Waals surface area (Å²) in [5.41, 5.74) is 1.33. The van der Waals surface area contributed by atoms with Gasteiger partial charge in [0, 0.05) is 22.2 Å². The summed E-state index contributed by atoms with van der Waals surface area (Å²) in [5.74, 6) is 1.09. The highest BCUT2D eigenvalue weighted by Crippen LogP contribution is 2.33. The number of non-ortho nitro benzene ring substituents is 1. The lowest BCUT2D eigenvalue weighted by Gasteiger charge is -2.10. The topological polar surface area (TPSA) is 83.2 Å². The smallest absolute Gasteiger partial charge is 0.269 e. The predicted molar refractivity (Wildman–Crippen MR) is 92.7 cm³/mol. The van der Waals surface area contributed by atoms with Crippen LogP contribution in [-0.2, 0) is 11.4 Å². The number of halogens is 1. The van der Waals surface area contributed by atoms with E-state index in [9.17, 15) is 10.1 Å². The molecule has 0 aliphatic heterocycles. The van der Waals surface area contributed by atoms with Crippen LogP contribution in [0.3, 0.4) is 0 Å². The van der Waals surface area contributed by atoms with E-state index in [4.69, 9.17) is 14.3 Å². The average molecular weight is 395 g/mol. The second-order valence-electron chi connectivity index (χ2n) is 4.67. The van der Waals surface area contributed by atoms with Gasteiger partial charge >= 0.3 is 0 Å². The molecule has 0 bridgehead atoms. The van der Waals surface area contributed by atoms with Gasteiger partial charge in [0.25, 0.3) is 5.69 Å². The van der Waals surface area contributed by atoms with E-state index in [0.29, 0.717) is 22.6 Å². The Labute approximate surface area is 147 Å². The lowest BCUT2D eigenvalue weighted by atomic mass is 10.2. The van der Waals surface area contributed by atoms with Crippen LogP contribution >= 0.6 is 15.9 Å². The minimum atomic E-state index is -0.453. The van der Waals surface area contributed by atoms with Crippen LogP contribution in [0.2, 0.25) is 0 Å². The molecule has 0 N–H and O–H groups in total. The Morgan fingerprint density at radius 1 is 1.25 bits per heavy atom. The minimum absolute atomic E-state index is 0.0125. The van der Waals surface area contributed by atoms with E-state index in [1.54, 1.807) is 25.3 Å². The van der Waals surface area contributed by atoms with Gasteiger partial charge in [0.1, 0.15) is 6.61 Å². The van der Waals surface area contributed by atoms with Gasteiger partial charge < -0.3 is 14.3 Å². The number of hydrogen-bond donors (Lipinski definition) is 0. The van der Waals surface area contributed by atoms with Gasteiger partial charge in [-0.1, -0.05) is 33.2 Å². The highest BCUT2D eigenvalue weighted by molar-refractivity contribution is 9.10. The summed E-state index contributed by atoms with van der Waals surface area (Å²) in [5, 5.41) is 14.6. The van der Waals surface area contributed by atoms with Crippen LogP contribution in [-0.4, -0.2) is 25.4 Å². The van der Waals surface area contributed by atoms with Crippen molar-refractivity contribution >= 4 is 27.8 Å². The second kappa shape index (κ2) is 8.30. The Morgan fingerprint density at radius 3 is 2.71 bits per heavy atom. The molecule has 8 heteroatoms. The van der Waals surface area contributed by atoms with Crippen molar-refractivity contribution in [3.63, 3.8) is 0 Å². The molecule has 0 amide bonds. The van der Waals surface area contributed by atoms with Crippen LogP contribution in [0.1, 0.15) is 11.1 Å². The molecule has 0 fully saturated rings. The standard InChI is InChI=1S/C16H15BrN2O5/c1-22-15-8-13(17)7-12(16(15)23-2)9-18-24-10-11-4-3-5-14(6-11)19(20)21/h3-9H,10H2,1-2H3/b18-9-. The number of methoxy groups -OCH3 is 2. The van der Waals surface area contributed by atoms with Gasteiger partial charge in [-0.2, -0.15) is 0 Å². The molecule has 0 aliphatic rings. The van der Waals surface area contributed by atoms with Gasteiger partial charge in [-0.25, -0.2) is 0 Å². The van der Waals surface area contributed by atoms with Gasteiger partial charge in [-0.3, -0.25) is 10.1 Å². The first-order valence-electron chi connectivity index (χ1n) is 6.85. The normalized spacial score (nSPS) is 10.6. The lowest BCUT2D eigenvalue weighted by Crippen LogP contribution is -1.96. The summed E-state index contributed by atoms with van der Waals surface area (Å²) in [7, 11) is 3.08. The molecule has 0 aromatic heterocycles. The second-order valence-corrected chi connectivity index (χ2v) is 5.58. The summed E-state index contributed by atoms with van der Waals surface area (Å²) in [4.78, 5) is 15.5. The maximum absolute atomic E-state index is 10.7. The average Bonchev–Trinajstić information content (AvgIpc) is 2.58. The summed E-state index contributed by atoms with van der Waals surface area (Å²) in [6.45, 7) is 0.117. The molecule has 0 atom stereocenters. The van der Waals surface area contributed by atoms with Crippen LogP contribution in [0, 0.1) is 10.1 Å². The summed E-state index contributed by atoms with van der Waals surface area (Å²) in [6.07, 6.45) is 1.49. The van der Waals surface area contributed by atoms with Crippen LogP contribution in [0.5, 0.6) is 11.5 Å². The predicted octanol–water partition coefficient (Wildman–Crippen LogP) is 3.93. The molecule has 126 valence electrons. The Kier molecular flexibility index (Phi) is 6.14.